The van der Waals surface area contributed by atoms with Crippen LogP contribution in [-0.2, 0) is 9.59 Å². The molecule has 1 aromatic carbocycles. The van der Waals surface area contributed by atoms with Gasteiger partial charge in [0, 0.05) is 21.5 Å². The van der Waals surface area contributed by atoms with Crippen molar-refractivity contribution in [3.63, 3.8) is 0 Å². The van der Waals surface area contributed by atoms with Gasteiger partial charge in [0.2, 0.25) is 5.91 Å². The van der Waals surface area contributed by atoms with Crippen LogP contribution in [0.15, 0.2) is 33.6 Å². The summed E-state index contributed by atoms with van der Waals surface area (Å²) in [6.45, 7) is 3.55. The number of hydrogen-bond donors (Lipinski definition) is 2. The van der Waals surface area contributed by atoms with Crippen LogP contribution in [0.1, 0.15) is 20.3 Å². The molecule has 0 saturated carbocycles. The topological polar surface area (TPSA) is 66.4 Å². The fraction of sp³-hybridized carbons (Fsp3) is 0.429. The third kappa shape index (κ3) is 5.54. The van der Waals surface area contributed by atoms with Gasteiger partial charge in [-0.2, -0.15) is 0 Å². The van der Waals surface area contributed by atoms with E-state index in [0.717, 1.165) is 9.37 Å². The number of benzene rings is 1. The summed E-state index contributed by atoms with van der Waals surface area (Å²) < 4.78 is 0.996. The van der Waals surface area contributed by atoms with E-state index in [4.69, 9.17) is 5.11 Å². The SMILES string of the molecule is CC(C)[C@H](NC(=O)CCSc1ccccc1Br)C(=O)O. The lowest BCUT2D eigenvalue weighted by Crippen LogP contribution is -2.44. The van der Waals surface area contributed by atoms with E-state index < -0.39 is 12.0 Å². The molecular formula is C14H18BrNO3S. The largest absolute Gasteiger partial charge is 0.480 e. The van der Waals surface area contributed by atoms with E-state index in [0.29, 0.717) is 12.2 Å². The normalized spacial score (nSPS) is 12.2. The highest BCUT2D eigenvalue weighted by Gasteiger charge is 2.22. The number of nitrogens with one attached hydrogen (secondary N) is 1. The number of carbonyl (C=O) groups is 2. The highest BCUT2D eigenvalue weighted by atomic mass is 79.9. The number of carboxylic acids is 1. The molecule has 0 aliphatic heterocycles. The summed E-state index contributed by atoms with van der Waals surface area (Å²) in [4.78, 5) is 23.8. The zero-order chi connectivity index (χ0) is 15.1. The van der Waals surface area contributed by atoms with E-state index in [9.17, 15) is 9.59 Å². The zero-order valence-corrected chi connectivity index (χ0v) is 13.8. The van der Waals surface area contributed by atoms with Gasteiger partial charge in [-0.05, 0) is 34.0 Å². The molecule has 1 rings (SSSR count). The van der Waals surface area contributed by atoms with Crippen LogP contribution in [0.3, 0.4) is 0 Å². The third-order valence-electron chi connectivity index (χ3n) is 2.67. The Morgan fingerprint density at radius 2 is 2.00 bits per heavy atom. The van der Waals surface area contributed by atoms with Gasteiger partial charge in [0.15, 0.2) is 0 Å². The van der Waals surface area contributed by atoms with Gasteiger partial charge in [0.1, 0.15) is 6.04 Å². The standard InChI is InChI=1S/C14H18BrNO3S/c1-9(2)13(14(18)19)16-12(17)7-8-20-11-6-4-3-5-10(11)15/h3-6,9,13H,7-8H2,1-2H3,(H,16,17)(H,18,19)/t13-/m0/s1. The molecule has 0 bridgehead atoms. The van der Waals surface area contributed by atoms with Crippen LogP contribution in [0.5, 0.6) is 0 Å². The lowest BCUT2D eigenvalue weighted by Gasteiger charge is -2.17. The number of amides is 1. The van der Waals surface area contributed by atoms with E-state index >= 15 is 0 Å². The fourth-order valence-electron chi connectivity index (χ4n) is 1.57. The minimum atomic E-state index is -0.994. The van der Waals surface area contributed by atoms with Gasteiger partial charge in [-0.15, -0.1) is 11.8 Å². The van der Waals surface area contributed by atoms with Crippen molar-refractivity contribution in [3.8, 4) is 0 Å². The number of thioether (sulfide) groups is 1. The number of halogens is 1. The predicted molar refractivity (Wildman–Crippen MR) is 83.9 cm³/mol. The van der Waals surface area contributed by atoms with Crippen LogP contribution in [0.25, 0.3) is 0 Å². The molecular weight excluding hydrogens is 342 g/mol. The minimum Gasteiger partial charge on any atom is -0.480 e. The second-order valence-electron chi connectivity index (χ2n) is 4.66. The second-order valence-corrected chi connectivity index (χ2v) is 6.65. The maximum atomic E-state index is 11.7. The van der Waals surface area contributed by atoms with Crippen molar-refractivity contribution >= 4 is 39.6 Å². The molecule has 2 N–H and O–H groups in total. The number of carbonyl (C=O) groups excluding carboxylic acids is 1. The van der Waals surface area contributed by atoms with Crippen molar-refractivity contribution in [2.75, 3.05) is 5.75 Å². The Labute approximate surface area is 131 Å². The smallest absolute Gasteiger partial charge is 0.326 e. The summed E-state index contributed by atoms with van der Waals surface area (Å²) in [5.41, 5.74) is 0. The molecule has 0 aromatic heterocycles. The van der Waals surface area contributed by atoms with Crippen LogP contribution < -0.4 is 5.32 Å². The minimum absolute atomic E-state index is 0.132. The van der Waals surface area contributed by atoms with E-state index in [1.807, 2.05) is 24.3 Å². The van der Waals surface area contributed by atoms with Gasteiger partial charge in [0.25, 0.3) is 0 Å². The maximum Gasteiger partial charge on any atom is 0.326 e. The van der Waals surface area contributed by atoms with Crippen LogP contribution in [0, 0.1) is 5.92 Å². The summed E-state index contributed by atoms with van der Waals surface area (Å²) in [6, 6.07) is 6.96. The lowest BCUT2D eigenvalue weighted by molar-refractivity contribution is -0.143. The predicted octanol–water partition coefficient (Wildman–Crippen LogP) is 3.16. The lowest BCUT2D eigenvalue weighted by atomic mass is 10.0. The van der Waals surface area contributed by atoms with Crippen LogP contribution in [0.2, 0.25) is 0 Å². The van der Waals surface area contributed by atoms with Gasteiger partial charge in [-0.25, -0.2) is 4.79 Å². The van der Waals surface area contributed by atoms with E-state index in [2.05, 4.69) is 21.2 Å². The first-order valence-electron chi connectivity index (χ1n) is 6.31. The average Bonchev–Trinajstić information content (AvgIpc) is 2.37. The summed E-state index contributed by atoms with van der Waals surface area (Å²) in [5.74, 6) is -0.747. The first kappa shape index (κ1) is 17.0. The first-order valence-corrected chi connectivity index (χ1v) is 8.09. The summed E-state index contributed by atoms with van der Waals surface area (Å²) in [6.07, 6.45) is 0.294. The highest BCUT2D eigenvalue weighted by molar-refractivity contribution is 9.10. The van der Waals surface area contributed by atoms with Crippen molar-refractivity contribution < 1.29 is 14.7 Å². The fourth-order valence-corrected chi connectivity index (χ4v) is 3.09. The molecule has 1 atom stereocenters. The molecule has 0 fully saturated rings. The molecule has 0 saturated heterocycles. The summed E-state index contributed by atoms with van der Waals surface area (Å²) >= 11 is 5.01. The molecule has 4 nitrogen and oxygen atoms in total. The first-order chi connectivity index (χ1) is 9.41. The molecule has 20 heavy (non-hydrogen) atoms. The maximum absolute atomic E-state index is 11.7. The molecule has 6 heteroatoms. The van der Waals surface area contributed by atoms with Crippen molar-refractivity contribution in [3.05, 3.63) is 28.7 Å². The Bertz CT molecular complexity index is 479. The molecule has 0 heterocycles. The second kappa shape index (κ2) is 8.32. The van der Waals surface area contributed by atoms with Crippen molar-refractivity contribution in [2.45, 2.75) is 31.2 Å². The Morgan fingerprint density at radius 1 is 1.35 bits per heavy atom. The van der Waals surface area contributed by atoms with Crippen LogP contribution in [-0.4, -0.2) is 28.8 Å². The molecule has 0 spiro atoms. The van der Waals surface area contributed by atoms with E-state index in [1.165, 1.54) is 0 Å². The van der Waals surface area contributed by atoms with Crippen molar-refractivity contribution in [2.24, 2.45) is 5.92 Å². The molecule has 1 amide bonds. The van der Waals surface area contributed by atoms with Gasteiger partial charge in [-0.3, -0.25) is 4.79 Å². The number of aliphatic carboxylic acids is 1. The van der Waals surface area contributed by atoms with E-state index in [1.54, 1.807) is 25.6 Å². The number of rotatable bonds is 7. The number of carboxylic acid groups (broad SMARTS) is 1. The quantitative estimate of drug-likeness (QED) is 0.733. The third-order valence-corrected chi connectivity index (χ3v) is 4.70. The summed E-state index contributed by atoms with van der Waals surface area (Å²) in [7, 11) is 0. The van der Waals surface area contributed by atoms with Gasteiger partial charge in [-0.1, -0.05) is 26.0 Å². The Hall–Kier alpha value is -1.01. The number of hydrogen-bond acceptors (Lipinski definition) is 3. The average molecular weight is 360 g/mol. The molecule has 0 radical (unpaired) electrons. The van der Waals surface area contributed by atoms with E-state index in [-0.39, 0.29) is 11.8 Å². The van der Waals surface area contributed by atoms with Gasteiger partial charge < -0.3 is 10.4 Å². The Balaban J connectivity index is 2.40. The molecule has 0 aliphatic carbocycles. The Kier molecular flexibility index (Phi) is 7.09. The molecule has 0 unspecified atom stereocenters. The molecule has 0 aliphatic rings. The van der Waals surface area contributed by atoms with Crippen LogP contribution >= 0.6 is 27.7 Å². The van der Waals surface area contributed by atoms with Crippen LogP contribution in [0.4, 0.5) is 0 Å². The van der Waals surface area contributed by atoms with Gasteiger partial charge >= 0.3 is 5.97 Å². The van der Waals surface area contributed by atoms with Crippen molar-refractivity contribution in [1.82, 2.24) is 5.32 Å². The zero-order valence-electron chi connectivity index (χ0n) is 11.4. The van der Waals surface area contributed by atoms with Crippen molar-refractivity contribution in [1.29, 1.82) is 0 Å². The van der Waals surface area contributed by atoms with Gasteiger partial charge in [0.05, 0.1) is 0 Å². The monoisotopic (exact) mass is 359 g/mol. The molecule has 110 valence electrons. The Morgan fingerprint density at radius 3 is 2.55 bits per heavy atom. The summed E-state index contributed by atoms with van der Waals surface area (Å²) in [5, 5.41) is 11.6. The highest BCUT2D eigenvalue weighted by Crippen LogP contribution is 2.27. The molecule has 1 aromatic rings.